The Hall–Kier alpha value is -3.37. The van der Waals surface area contributed by atoms with Crippen LogP contribution in [-0.2, 0) is 17.7 Å². The van der Waals surface area contributed by atoms with Gasteiger partial charge in [-0.15, -0.1) is 0 Å². The Bertz CT molecular complexity index is 1400. The van der Waals surface area contributed by atoms with Gasteiger partial charge < -0.3 is 9.47 Å². The zero-order valence-corrected chi connectivity index (χ0v) is 19.0. The number of aromatic nitrogens is 4. The van der Waals surface area contributed by atoms with E-state index in [0.29, 0.717) is 40.2 Å². The van der Waals surface area contributed by atoms with Crippen LogP contribution in [0.5, 0.6) is 5.75 Å². The first kappa shape index (κ1) is 22.4. The van der Waals surface area contributed by atoms with Crippen LogP contribution >= 0.6 is 0 Å². The third kappa shape index (κ3) is 4.26. The lowest BCUT2D eigenvalue weighted by Crippen LogP contribution is -2.38. The molecule has 0 unspecified atom stereocenters. The summed E-state index contributed by atoms with van der Waals surface area (Å²) in [6.07, 6.45) is 1.34. The van der Waals surface area contributed by atoms with Gasteiger partial charge in [-0.2, -0.15) is 13.9 Å². The van der Waals surface area contributed by atoms with Gasteiger partial charge in [-0.25, -0.2) is 4.52 Å². The normalized spacial score (nSPS) is 15.3. The molecule has 1 fully saturated rings. The highest BCUT2D eigenvalue weighted by Gasteiger charge is 2.26. The van der Waals surface area contributed by atoms with Gasteiger partial charge in [0.2, 0.25) is 0 Å². The molecule has 3 aromatic heterocycles. The molecule has 178 valence electrons. The van der Waals surface area contributed by atoms with Gasteiger partial charge in [-0.05, 0) is 30.3 Å². The van der Waals surface area contributed by atoms with Crippen molar-refractivity contribution in [2.24, 2.45) is 7.05 Å². The highest BCUT2D eigenvalue weighted by molar-refractivity contribution is 5.83. The first-order chi connectivity index (χ1) is 16.3. The van der Waals surface area contributed by atoms with Crippen molar-refractivity contribution in [3.05, 3.63) is 58.6 Å². The summed E-state index contributed by atoms with van der Waals surface area (Å²) < 4.78 is 41.9. The van der Waals surface area contributed by atoms with Crippen LogP contribution in [-0.4, -0.2) is 63.5 Å². The summed E-state index contributed by atoms with van der Waals surface area (Å²) in [5, 5.41) is 5.08. The molecule has 0 bridgehead atoms. The number of halogens is 2. The lowest BCUT2D eigenvalue weighted by molar-refractivity contribution is 0.0128. The summed E-state index contributed by atoms with van der Waals surface area (Å²) in [7, 11) is 1.66. The van der Waals surface area contributed by atoms with Crippen LogP contribution < -0.4 is 10.3 Å². The Kier molecular flexibility index (Phi) is 5.78. The Balaban J connectivity index is 1.48. The van der Waals surface area contributed by atoms with Crippen LogP contribution in [0.4, 0.5) is 8.78 Å². The summed E-state index contributed by atoms with van der Waals surface area (Å²) in [5.41, 5.74) is 1.61. The van der Waals surface area contributed by atoms with E-state index in [0.717, 1.165) is 39.8 Å². The average Bonchev–Trinajstić information content (AvgIpc) is 3.29. The molecule has 0 saturated carbocycles. The van der Waals surface area contributed by atoms with Gasteiger partial charge in [0.05, 0.1) is 29.8 Å². The number of nitrogens with zero attached hydrogens (tertiary/aromatic N) is 5. The molecule has 1 saturated heterocycles. The third-order valence-electron chi connectivity index (χ3n) is 6.05. The number of benzene rings is 1. The molecule has 4 aromatic rings. The molecule has 0 aliphatic carbocycles. The fraction of sp³-hybridized carbons (Fsp3) is 0.375. The van der Waals surface area contributed by atoms with E-state index >= 15 is 0 Å². The minimum Gasteiger partial charge on any atom is -0.492 e. The molecule has 0 radical (unpaired) electrons. The highest BCUT2D eigenvalue weighted by atomic mass is 19.3. The molecule has 34 heavy (non-hydrogen) atoms. The van der Waals surface area contributed by atoms with Crippen molar-refractivity contribution >= 4 is 16.6 Å². The van der Waals surface area contributed by atoms with Gasteiger partial charge in [0.1, 0.15) is 23.7 Å². The second kappa shape index (κ2) is 8.77. The topological polar surface area (TPSA) is 73.9 Å². The lowest BCUT2D eigenvalue weighted by Gasteiger charge is -2.26. The molecule has 5 rings (SSSR count). The number of rotatable bonds is 6. The first-order valence-electron chi connectivity index (χ1n) is 11.1. The number of fused-ring (bicyclic) bond motifs is 3. The van der Waals surface area contributed by atoms with Gasteiger partial charge in [0.15, 0.2) is 0 Å². The van der Waals surface area contributed by atoms with Crippen LogP contribution in [0.2, 0.25) is 0 Å². The van der Waals surface area contributed by atoms with Crippen LogP contribution in [0.15, 0.2) is 47.4 Å². The van der Waals surface area contributed by atoms with Gasteiger partial charge in [0.25, 0.3) is 11.5 Å². The predicted molar refractivity (Wildman–Crippen MR) is 123 cm³/mol. The minimum absolute atomic E-state index is 0.192. The quantitative estimate of drug-likeness (QED) is 0.432. The van der Waals surface area contributed by atoms with Gasteiger partial charge >= 0.3 is 0 Å². The number of aryl methyl sites for hydroxylation is 1. The monoisotopic (exact) mass is 469 g/mol. The predicted octanol–water partition coefficient (Wildman–Crippen LogP) is 3.07. The van der Waals surface area contributed by atoms with Crippen molar-refractivity contribution in [3.63, 3.8) is 0 Å². The van der Waals surface area contributed by atoms with E-state index in [9.17, 15) is 13.6 Å². The Morgan fingerprint density at radius 3 is 2.71 bits per heavy atom. The molecular weight excluding hydrogens is 444 g/mol. The number of alkyl halides is 2. The molecular formula is C24H25F2N5O3. The van der Waals surface area contributed by atoms with E-state index in [4.69, 9.17) is 9.47 Å². The van der Waals surface area contributed by atoms with E-state index in [1.807, 2.05) is 6.07 Å². The molecule has 10 heteroatoms. The summed E-state index contributed by atoms with van der Waals surface area (Å²) in [6, 6.07) is 9.98. The molecule has 0 spiro atoms. The lowest BCUT2D eigenvalue weighted by atomic mass is 10.1. The first-order valence-corrected chi connectivity index (χ1v) is 11.1. The summed E-state index contributed by atoms with van der Waals surface area (Å²) in [6.45, 7) is 5.33. The van der Waals surface area contributed by atoms with E-state index in [2.05, 4.69) is 15.0 Å². The van der Waals surface area contributed by atoms with Crippen LogP contribution in [0.1, 0.15) is 12.6 Å². The molecule has 0 amide bonds. The molecule has 4 heterocycles. The molecule has 1 aliphatic heterocycles. The van der Waals surface area contributed by atoms with E-state index in [1.165, 1.54) is 16.8 Å². The fourth-order valence-electron chi connectivity index (χ4n) is 4.12. The SMILES string of the molecule is Cn1c(=O)c2cc(OCCN3CCOCC3)ccc2n2nc(-c3ccnc(C(C)(F)F)c3)cc12. The number of hydrogen-bond donors (Lipinski definition) is 0. The third-order valence-corrected chi connectivity index (χ3v) is 6.05. The molecule has 0 N–H and O–H groups in total. The zero-order valence-electron chi connectivity index (χ0n) is 19.0. The molecule has 8 nitrogen and oxygen atoms in total. The Morgan fingerprint density at radius 2 is 1.94 bits per heavy atom. The Labute approximate surface area is 194 Å². The van der Waals surface area contributed by atoms with Crippen LogP contribution in [0.3, 0.4) is 0 Å². The maximum Gasteiger partial charge on any atom is 0.286 e. The van der Waals surface area contributed by atoms with Crippen molar-refractivity contribution in [1.82, 2.24) is 24.1 Å². The number of ether oxygens (including phenoxy) is 2. The van der Waals surface area contributed by atoms with Crippen molar-refractivity contribution in [2.75, 3.05) is 39.5 Å². The second-order valence-corrected chi connectivity index (χ2v) is 8.46. The average molecular weight is 469 g/mol. The zero-order chi connectivity index (χ0) is 23.9. The van der Waals surface area contributed by atoms with Crippen LogP contribution in [0.25, 0.3) is 27.8 Å². The fourth-order valence-corrected chi connectivity index (χ4v) is 4.12. The molecule has 1 aromatic carbocycles. The second-order valence-electron chi connectivity index (χ2n) is 8.46. The van der Waals surface area contributed by atoms with Crippen LogP contribution in [0, 0.1) is 0 Å². The molecule has 1 aliphatic rings. The maximum absolute atomic E-state index is 13.8. The van der Waals surface area contributed by atoms with Crippen molar-refractivity contribution in [2.45, 2.75) is 12.8 Å². The number of morpholine rings is 1. The standard InChI is InChI=1S/C24H25F2N5O3/c1-24(25,26)21-13-16(5-6-27-21)19-15-22-29(2)23(32)18-14-17(3-4-20(18)31(22)28-19)34-12-9-30-7-10-33-11-8-30/h3-6,13-15H,7-12H2,1-2H3. The van der Waals surface area contributed by atoms with E-state index in [1.54, 1.807) is 35.8 Å². The summed E-state index contributed by atoms with van der Waals surface area (Å²) in [4.78, 5) is 19.1. The van der Waals surface area contributed by atoms with Crippen molar-refractivity contribution in [1.29, 1.82) is 0 Å². The smallest absolute Gasteiger partial charge is 0.286 e. The van der Waals surface area contributed by atoms with Gasteiger partial charge in [-0.3, -0.25) is 19.2 Å². The number of pyridine rings is 1. The summed E-state index contributed by atoms with van der Waals surface area (Å²) in [5.74, 6) is -2.46. The van der Waals surface area contributed by atoms with Crippen molar-refractivity contribution in [3.8, 4) is 17.0 Å². The largest absolute Gasteiger partial charge is 0.492 e. The van der Waals surface area contributed by atoms with Crippen molar-refractivity contribution < 1.29 is 18.3 Å². The molecule has 0 atom stereocenters. The maximum atomic E-state index is 13.8. The highest BCUT2D eigenvalue weighted by Crippen LogP contribution is 2.29. The van der Waals surface area contributed by atoms with Gasteiger partial charge in [-0.1, -0.05) is 0 Å². The Morgan fingerprint density at radius 1 is 1.15 bits per heavy atom. The minimum atomic E-state index is -3.06. The number of hydrogen-bond acceptors (Lipinski definition) is 6. The van der Waals surface area contributed by atoms with E-state index < -0.39 is 5.92 Å². The van der Waals surface area contributed by atoms with E-state index in [-0.39, 0.29) is 11.3 Å². The summed E-state index contributed by atoms with van der Waals surface area (Å²) >= 11 is 0. The van der Waals surface area contributed by atoms with Gasteiger partial charge in [0, 0.05) is 51.4 Å².